The molecule has 0 saturated heterocycles. The predicted molar refractivity (Wildman–Crippen MR) is 69.2 cm³/mol. The van der Waals surface area contributed by atoms with Gasteiger partial charge in [-0.3, -0.25) is 0 Å². The Morgan fingerprint density at radius 3 is 2.75 bits per heavy atom. The van der Waals surface area contributed by atoms with Crippen molar-refractivity contribution in [1.29, 1.82) is 0 Å². The molecule has 0 spiro atoms. The van der Waals surface area contributed by atoms with Crippen LogP contribution in [0.3, 0.4) is 0 Å². The number of thiazole rings is 1. The van der Waals surface area contributed by atoms with Gasteiger partial charge in [-0.2, -0.15) is 0 Å². The van der Waals surface area contributed by atoms with Crippen molar-refractivity contribution in [1.82, 2.24) is 10.3 Å². The number of halogens is 1. The summed E-state index contributed by atoms with van der Waals surface area (Å²) < 4.78 is 0. The molecule has 2 rings (SSSR count). The maximum atomic E-state index is 9.02. The second-order valence-corrected chi connectivity index (χ2v) is 5.63. The molecule has 1 fully saturated rings. The standard InChI is InChI=1S/C11H18N2OS.ClH/c1-9-12-7-10(15-9)8-13-11(5-6-14)3-2-4-11;/h7,13-14H,2-6,8H2,1H3;1H. The number of rotatable bonds is 5. The number of aromatic nitrogens is 1. The van der Waals surface area contributed by atoms with Gasteiger partial charge in [0.2, 0.25) is 0 Å². The van der Waals surface area contributed by atoms with Crippen molar-refractivity contribution in [2.75, 3.05) is 6.61 Å². The molecule has 5 heteroatoms. The third kappa shape index (κ3) is 3.17. The average Bonchev–Trinajstić information content (AvgIpc) is 2.56. The van der Waals surface area contributed by atoms with E-state index in [0.29, 0.717) is 0 Å². The minimum absolute atomic E-state index is 0. The number of nitrogens with zero attached hydrogens (tertiary/aromatic N) is 1. The smallest absolute Gasteiger partial charge is 0.0897 e. The van der Waals surface area contributed by atoms with Crippen molar-refractivity contribution >= 4 is 23.7 Å². The Morgan fingerprint density at radius 1 is 1.56 bits per heavy atom. The first kappa shape index (κ1) is 13.9. The molecule has 1 heterocycles. The van der Waals surface area contributed by atoms with Crippen LogP contribution in [-0.2, 0) is 6.54 Å². The number of nitrogens with one attached hydrogen (secondary N) is 1. The van der Waals surface area contributed by atoms with Crippen LogP contribution in [0.1, 0.15) is 35.6 Å². The molecule has 1 aromatic rings. The fraction of sp³-hybridized carbons (Fsp3) is 0.727. The Morgan fingerprint density at radius 2 is 2.31 bits per heavy atom. The molecule has 0 aliphatic heterocycles. The maximum absolute atomic E-state index is 9.02. The van der Waals surface area contributed by atoms with Crippen LogP contribution < -0.4 is 5.32 Å². The van der Waals surface area contributed by atoms with E-state index in [9.17, 15) is 0 Å². The molecule has 1 aromatic heterocycles. The Hall–Kier alpha value is -0.160. The van der Waals surface area contributed by atoms with Gasteiger partial charge in [0.15, 0.2) is 0 Å². The third-order valence-electron chi connectivity index (χ3n) is 3.21. The van der Waals surface area contributed by atoms with Gasteiger partial charge in [-0.05, 0) is 32.6 Å². The van der Waals surface area contributed by atoms with Crippen molar-refractivity contribution < 1.29 is 5.11 Å². The van der Waals surface area contributed by atoms with E-state index >= 15 is 0 Å². The van der Waals surface area contributed by atoms with Gasteiger partial charge in [0.1, 0.15) is 0 Å². The lowest BCUT2D eigenvalue weighted by atomic mass is 9.74. The van der Waals surface area contributed by atoms with Crippen LogP contribution in [-0.4, -0.2) is 22.2 Å². The van der Waals surface area contributed by atoms with Crippen LogP contribution in [0.2, 0.25) is 0 Å². The number of hydrogen-bond donors (Lipinski definition) is 2. The summed E-state index contributed by atoms with van der Waals surface area (Å²) in [5.41, 5.74) is 0.215. The van der Waals surface area contributed by atoms with Crippen LogP contribution in [0.25, 0.3) is 0 Å². The number of aliphatic hydroxyl groups excluding tert-OH is 1. The van der Waals surface area contributed by atoms with Crippen LogP contribution >= 0.6 is 23.7 Å². The van der Waals surface area contributed by atoms with Gasteiger partial charge >= 0.3 is 0 Å². The molecular formula is C11H19ClN2OS. The van der Waals surface area contributed by atoms with Crippen LogP contribution in [0.4, 0.5) is 0 Å². The Bertz CT molecular complexity index is 326. The molecule has 0 bridgehead atoms. The maximum Gasteiger partial charge on any atom is 0.0897 e. The molecule has 0 aromatic carbocycles. The van der Waals surface area contributed by atoms with Crippen molar-refractivity contribution in [3.8, 4) is 0 Å². The highest BCUT2D eigenvalue weighted by Crippen LogP contribution is 2.35. The van der Waals surface area contributed by atoms with E-state index in [1.807, 2.05) is 13.1 Å². The number of aliphatic hydroxyl groups is 1. The zero-order valence-corrected chi connectivity index (χ0v) is 11.2. The molecule has 1 aliphatic rings. The molecule has 0 amide bonds. The lowest BCUT2D eigenvalue weighted by Crippen LogP contribution is -2.51. The molecule has 3 nitrogen and oxygen atoms in total. The van der Waals surface area contributed by atoms with Gasteiger partial charge in [0.25, 0.3) is 0 Å². The monoisotopic (exact) mass is 262 g/mol. The second-order valence-electron chi connectivity index (χ2n) is 4.31. The van der Waals surface area contributed by atoms with E-state index in [-0.39, 0.29) is 24.6 Å². The van der Waals surface area contributed by atoms with E-state index in [1.54, 1.807) is 11.3 Å². The first-order valence-corrected chi connectivity index (χ1v) is 6.33. The highest BCUT2D eigenvalue weighted by Gasteiger charge is 2.35. The van der Waals surface area contributed by atoms with Gasteiger partial charge in [0, 0.05) is 29.8 Å². The number of hydrogen-bond acceptors (Lipinski definition) is 4. The Kier molecular flexibility index (Phi) is 5.18. The predicted octanol–water partition coefficient (Wildman–Crippen LogP) is 2.27. The van der Waals surface area contributed by atoms with Crippen LogP contribution in [0.15, 0.2) is 6.20 Å². The van der Waals surface area contributed by atoms with Crippen LogP contribution in [0.5, 0.6) is 0 Å². The Balaban J connectivity index is 0.00000128. The van der Waals surface area contributed by atoms with E-state index < -0.39 is 0 Å². The molecule has 2 N–H and O–H groups in total. The normalized spacial score (nSPS) is 17.6. The molecule has 0 atom stereocenters. The van der Waals surface area contributed by atoms with Crippen molar-refractivity contribution in [3.05, 3.63) is 16.1 Å². The van der Waals surface area contributed by atoms with Gasteiger partial charge in [0.05, 0.1) is 5.01 Å². The summed E-state index contributed by atoms with van der Waals surface area (Å²) >= 11 is 1.74. The third-order valence-corrected chi connectivity index (χ3v) is 4.12. The summed E-state index contributed by atoms with van der Waals surface area (Å²) in [7, 11) is 0. The SMILES string of the molecule is Cc1ncc(CNC2(CCO)CCC2)s1.Cl. The molecule has 0 unspecified atom stereocenters. The molecule has 92 valence electrons. The zero-order valence-electron chi connectivity index (χ0n) is 9.53. The minimum Gasteiger partial charge on any atom is -0.396 e. The fourth-order valence-corrected chi connectivity index (χ4v) is 2.83. The largest absolute Gasteiger partial charge is 0.396 e. The lowest BCUT2D eigenvalue weighted by molar-refractivity contribution is 0.130. The molecule has 1 aliphatic carbocycles. The van der Waals surface area contributed by atoms with E-state index in [1.165, 1.54) is 24.1 Å². The lowest BCUT2D eigenvalue weighted by Gasteiger charge is -2.42. The van der Waals surface area contributed by atoms with E-state index in [2.05, 4.69) is 10.3 Å². The molecule has 1 saturated carbocycles. The first-order valence-electron chi connectivity index (χ1n) is 5.51. The molecule has 16 heavy (non-hydrogen) atoms. The van der Waals surface area contributed by atoms with Crippen LogP contribution in [0, 0.1) is 6.92 Å². The average molecular weight is 263 g/mol. The summed E-state index contributed by atoms with van der Waals surface area (Å²) in [6.45, 7) is 3.21. The first-order chi connectivity index (χ1) is 7.24. The van der Waals surface area contributed by atoms with Gasteiger partial charge < -0.3 is 10.4 Å². The highest BCUT2D eigenvalue weighted by molar-refractivity contribution is 7.11. The Labute approximate surface area is 107 Å². The van der Waals surface area contributed by atoms with Crippen molar-refractivity contribution in [2.24, 2.45) is 0 Å². The van der Waals surface area contributed by atoms with Gasteiger partial charge in [-0.15, -0.1) is 23.7 Å². The summed E-state index contributed by atoms with van der Waals surface area (Å²) in [4.78, 5) is 5.52. The molecule has 0 radical (unpaired) electrons. The highest BCUT2D eigenvalue weighted by atomic mass is 35.5. The summed E-state index contributed by atoms with van der Waals surface area (Å²) in [5, 5.41) is 13.7. The van der Waals surface area contributed by atoms with E-state index in [4.69, 9.17) is 5.11 Å². The topological polar surface area (TPSA) is 45.2 Å². The van der Waals surface area contributed by atoms with Gasteiger partial charge in [-0.25, -0.2) is 4.98 Å². The summed E-state index contributed by atoms with van der Waals surface area (Å²) in [5.74, 6) is 0. The molecular weight excluding hydrogens is 244 g/mol. The summed E-state index contributed by atoms with van der Waals surface area (Å²) in [6.07, 6.45) is 6.51. The fourth-order valence-electron chi connectivity index (χ4n) is 2.09. The van der Waals surface area contributed by atoms with Crippen molar-refractivity contribution in [3.63, 3.8) is 0 Å². The quantitative estimate of drug-likeness (QED) is 0.856. The summed E-state index contributed by atoms with van der Waals surface area (Å²) in [6, 6.07) is 0. The zero-order chi connectivity index (χ0) is 10.7. The van der Waals surface area contributed by atoms with Gasteiger partial charge in [-0.1, -0.05) is 0 Å². The van der Waals surface area contributed by atoms with Crippen molar-refractivity contribution in [2.45, 2.75) is 44.7 Å². The minimum atomic E-state index is 0. The number of aryl methyl sites for hydroxylation is 1. The second kappa shape index (κ2) is 5.96. The van der Waals surface area contributed by atoms with E-state index in [0.717, 1.165) is 18.0 Å².